The lowest BCUT2D eigenvalue weighted by Gasteiger charge is -2.19. The molecule has 0 aromatic heterocycles. The maximum atomic E-state index is 9.87. The van der Waals surface area contributed by atoms with Crippen LogP contribution in [0.2, 0.25) is 0 Å². The van der Waals surface area contributed by atoms with E-state index in [0.717, 1.165) is 38.5 Å². The molecule has 0 bridgehead atoms. The summed E-state index contributed by atoms with van der Waals surface area (Å²) in [6, 6.07) is 0. The zero-order valence-electron chi connectivity index (χ0n) is 14.0. The average molecular weight is 282 g/mol. The van der Waals surface area contributed by atoms with E-state index in [2.05, 4.69) is 39.5 Å². The van der Waals surface area contributed by atoms with Crippen molar-refractivity contribution in [2.24, 2.45) is 5.41 Å². The Labute approximate surface area is 126 Å². The van der Waals surface area contributed by atoms with Gasteiger partial charge in [0.2, 0.25) is 5.79 Å². The molecule has 0 spiro atoms. The third kappa shape index (κ3) is 11.3. The van der Waals surface area contributed by atoms with Crippen molar-refractivity contribution in [2.45, 2.75) is 97.7 Å². The normalized spacial score (nSPS) is 12.1. The monoisotopic (exact) mass is 282 g/mol. The third-order valence-electron chi connectivity index (χ3n) is 3.64. The van der Waals surface area contributed by atoms with Gasteiger partial charge in [0.1, 0.15) is 0 Å². The minimum Gasteiger partial charge on any atom is -0.356 e. The van der Waals surface area contributed by atoms with E-state index < -0.39 is 5.79 Å². The van der Waals surface area contributed by atoms with Crippen LogP contribution >= 0.6 is 0 Å². The topological polar surface area (TPSA) is 40.5 Å². The summed E-state index contributed by atoms with van der Waals surface area (Å²) in [5, 5.41) is 19.7. The van der Waals surface area contributed by atoms with E-state index in [1.807, 2.05) is 0 Å². The molecule has 0 saturated carbocycles. The zero-order valence-corrected chi connectivity index (χ0v) is 14.0. The molecule has 0 aromatic rings. The van der Waals surface area contributed by atoms with Gasteiger partial charge < -0.3 is 10.2 Å². The Morgan fingerprint density at radius 3 is 1.70 bits per heavy atom. The minimum absolute atomic E-state index is 0.131. The van der Waals surface area contributed by atoms with Crippen molar-refractivity contribution < 1.29 is 10.2 Å². The first kappa shape index (κ1) is 19.5. The number of aliphatic hydroxyl groups is 2. The summed E-state index contributed by atoms with van der Waals surface area (Å²) < 4.78 is 0. The fraction of sp³-hybridized carbons (Fsp3) is 0.889. The Morgan fingerprint density at radius 1 is 0.700 bits per heavy atom. The maximum absolute atomic E-state index is 9.87. The second-order valence-electron chi connectivity index (χ2n) is 6.57. The lowest BCUT2D eigenvalue weighted by Crippen LogP contribution is -2.26. The fourth-order valence-corrected chi connectivity index (χ4v) is 2.19. The molecule has 2 nitrogen and oxygen atoms in total. The summed E-state index contributed by atoms with van der Waals surface area (Å²) in [6.45, 7) is 8.51. The van der Waals surface area contributed by atoms with Crippen LogP contribution in [-0.4, -0.2) is 16.0 Å². The molecule has 0 aliphatic carbocycles. The molecule has 0 unspecified atom stereocenters. The van der Waals surface area contributed by atoms with Crippen LogP contribution in [0, 0.1) is 17.3 Å². The molecule has 0 aliphatic heterocycles. The third-order valence-corrected chi connectivity index (χ3v) is 3.64. The van der Waals surface area contributed by atoms with Gasteiger partial charge >= 0.3 is 0 Å². The average Bonchev–Trinajstić information content (AvgIpc) is 2.38. The molecular formula is C18H34O2. The van der Waals surface area contributed by atoms with Gasteiger partial charge in [-0.2, -0.15) is 0 Å². The van der Waals surface area contributed by atoms with Crippen LogP contribution in [0.3, 0.4) is 0 Å². The summed E-state index contributed by atoms with van der Waals surface area (Å²) >= 11 is 0. The van der Waals surface area contributed by atoms with Crippen molar-refractivity contribution in [3.05, 3.63) is 0 Å². The minimum atomic E-state index is -1.81. The first-order chi connectivity index (χ1) is 9.33. The maximum Gasteiger partial charge on any atom is 0.228 e. The molecule has 118 valence electrons. The van der Waals surface area contributed by atoms with Crippen LogP contribution in [0.15, 0.2) is 0 Å². The first-order valence-corrected chi connectivity index (χ1v) is 8.32. The summed E-state index contributed by atoms with van der Waals surface area (Å²) in [4.78, 5) is 0. The fourth-order valence-electron chi connectivity index (χ4n) is 2.19. The van der Waals surface area contributed by atoms with Gasteiger partial charge in [0.05, 0.1) is 0 Å². The summed E-state index contributed by atoms with van der Waals surface area (Å²) in [5.74, 6) is 3.93. The molecule has 0 aromatic carbocycles. The SMILES string of the molecule is CCCCCCC(C)(C)C#CC(O)(O)CCCCCC. The molecule has 0 saturated heterocycles. The van der Waals surface area contributed by atoms with Crippen LogP contribution < -0.4 is 0 Å². The molecule has 0 radical (unpaired) electrons. The predicted octanol–water partition coefficient (Wildman–Crippen LogP) is 4.64. The van der Waals surface area contributed by atoms with E-state index in [9.17, 15) is 10.2 Å². The molecule has 20 heavy (non-hydrogen) atoms. The quantitative estimate of drug-likeness (QED) is 0.348. The summed E-state index contributed by atoms with van der Waals surface area (Å²) in [7, 11) is 0. The Bertz CT molecular complexity index is 266. The van der Waals surface area contributed by atoms with E-state index in [4.69, 9.17) is 0 Å². The van der Waals surface area contributed by atoms with E-state index in [-0.39, 0.29) is 5.41 Å². The molecular weight excluding hydrogens is 248 g/mol. The molecule has 0 rings (SSSR count). The predicted molar refractivity (Wildman–Crippen MR) is 86.2 cm³/mol. The van der Waals surface area contributed by atoms with Gasteiger partial charge in [-0.05, 0) is 32.6 Å². The largest absolute Gasteiger partial charge is 0.356 e. The van der Waals surface area contributed by atoms with Crippen LogP contribution in [-0.2, 0) is 0 Å². The first-order valence-electron chi connectivity index (χ1n) is 8.32. The Balaban J connectivity index is 4.15. The molecule has 0 fully saturated rings. The highest BCUT2D eigenvalue weighted by atomic mass is 16.5. The van der Waals surface area contributed by atoms with Crippen molar-refractivity contribution in [3.63, 3.8) is 0 Å². The van der Waals surface area contributed by atoms with Gasteiger partial charge in [-0.1, -0.05) is 64.7 Å². The highest BCUT2D eigenvalue weighted by molar-refractivity contribution is 5.14. The Hall–Kier alpha value is -0.520. The lowest BCUT2D eigenvalue weighted by molar-refractivity contribution is -0.115. The molecule has 0 amide bonds. The second-order valence-corrected chi connectivity index (χ2v) is 6.57. The van der Waals surface area contributed by atoms with Gasteiger partial charge in [0, 0.05) is 11.8 Å². The van der Waals surface area contributed by atoms with E-state index in [0.29, 0.717) is 6.42 Å². The van der Waals surface area contributed by atoms with Crippen LogP contribution in [0.4, 0.5) is 0 Å². The standard InChI is InChI=1S/C18H34O2/c1-5-7-9-11-13-17(3,4)15-16-18(19,20)14-12-10-8-6-2/h19-20H,5-14H2,1-4H3. The van der Waals surface area contributed by atoms with E-state index >= 15 is 0 Å². The molecule has 0 atom stereocenters. The number of hydrogen-bond donors (Lipinski definition) is 2. The summed E-state index contributed by atoms with van der Waals surface area (Å²) in [6.07, 6.45) is 10.4. The van der Waals surface area contributed by atoms with E-state index in [1.54, 1.807) is 0 Å². The lowest BCUT2D eigenvalue weighted by atomic mass is 9.87. The van der Waals surface area contributed by atoms with Crippen LogP contribution in [0.25, 0.3) is 0 Å². The van der Waals surface area contributed by atoms with Crippen molar-refractivity contribution in [2.75, 3.05) is 0 Å². The van der Waals surface area contributed by atoms with Crippen molar-refractivity contribution in [1.82, 2.24) is 0 Å². The van der Waals surface area contributed by atoms with Gasteiger partial charge in [0.25, 0.3) is 0 Å². The zero-order chi connectivity index (χ0) is 15.5. The Morgan fingerprint density at radius 2 is 1.20 bits per heavy atom. The molecule has 2 N–H and O–H groups in total. The van der Waals surface area contributed by atoms with Gasteiger partial charge in [-0.25, -0.2) is 0 Å². The molecule has 0 heterocycles. The van der Waals surface area contributed by atoms with Crippen molar-refractivity contribution >= 4 is 0 Å². The second kappa shape index (κ2) is 10.2. The summed E-state index contributed by atoms with van der Waals surface area (Å²) in [5.41, 5.74) is -0.131. The number of rotatable bonds is 10. The van der Waals surface area contributed by atoms with Gasteiger partial charge in [-0.3, -0.25) is 0 Å². The number of hydrogen-bond acceptors (Lipinski definition) is 2. The highest BCUT2D eigenvalue weighted by Crippen LogP contribution is 2.23. The van der Waals surface area contributed by atoms with Crippen LogP contribution in [0.1, 0.15) is 91.9 Å². The van der Waals surface area contributed by atoms with Crippen molar-refractivity contribution in [3.8, 4) is 11.8 Å². The van der Waals surface area contributed by atoms with Crippen molar-refractivity contribution in [1.29, 1.82) is 0 Å². The molecule has 0 aliphatic rings. The smallest absolute Gasteiger partial charge is 0.228 e. The van der Waals surface area contributed by atoms with Gasteiger partial charge in [0.15, 0.2) is 0 Å². The van der Waals surface area contributed by atoms with Crippen LogP contribution in [0.5, 0.6) is 0 Å². The molecule has 2 heteroatoms. The number of unbranched alkanes of at least 4 members (excludes halogenated alkanes) is 6. The van der Waals surface area contributed by atoms with E-state index in [1.165, 1.54) is 19.3 Å². The van der Waals surface area contributed by atoms with Gasteiger partial charge in [-0.15, -0.1) is 0 Å². The highest BCUT2D eigenvalue weighted by Gasteiger charge is 2.21. The Kier molecular flexibility index (Phi) is 9.98.